The van der Waals surface area contributed by atoms with Crippen molar-refractivity contribution in [3.05, 3.63) is 64.5 Å². The number of hydrogen-bond donors (Lipinski definition) is 1. The van der Waals surface area contributed by atoms with E-state index in [1.165, 1.54) is 18.2 Å². The first-order valence-electron chi connectivity index (χ1n) is 7.60. The third kappa shape index (κ3) is 4.01. The van der Waals surface area contributed by atoms with Crippen molar-refractivity contribution in [3.8, 4) is 17.2 Å². The van der Waals surface area contributed by atoms with E-state index in [4.69, 9.17) is 9.26 Å². The number of carbonyl (C=O) groups is 1. The molecule has 0 aliphatic rings. The van der Waals surface area contributed by atoms with Gasteiger partial charge in [0, 0.05) is 17.8 Å². The number of nitrogens with zero attached hydrogens (tertiary/aromatic N) is 3. The number of aromatic nitrogens is 2. The highest BCUT2D eigenvalue weighted by Gasteiger charge is 2.14. The number of para-hydroxylation sites is 1. The third-order valence-electron chi connectivity index (χ3n) is 3.34. The van der Waals surface area contributed by atoms with Gasteiger partial charge in [0.05, 0.1) is 10.5 Å². The summed E-state index contributed by atoms with van der Waals surface area (Å²) in [6.45, 7) is 1.41. The minimum Gasteiger partial charge on any atom is -0.483 e. The average Bonchev–Trinajstić information content (AvgIpc) is 3.06. The number of benzene rings is 2. The van der Waals surface area contributed by atoms with Crippen LogP contribution in [-0.2, 0) is 4.79 Å². The summed E-state index contributed by atoms with van der Waals surface area (Å²) in [5.74, 6) is 0.725. The summed E-state index contributed by atoms with van der Waals surface area (Å²) in [7, 11) is 0. The van der Waals surface area contributed by atoms with Crippen LogP contribution < -0.4 is 10.1 Å². The molecule has 1 aromatic heterocycles. The third-order valence-corrected chi connectivity index (χ3v) is 3.34. The molecule has 9 nitrogen and oxygen atoms in total. The Bertz CT molecular complexity index is 954. The zero-order valence-corrected chi connectivity index (χ0v) is 13.7. The Morgan fingerprint density at radius 1 is 1.27 bits per heavy atom. The lowest BCUT2D eigenvalue weighted by atomic mass is 10.2. The number of hydrogen-bond acceptors (Lipinski definition) is 7. The molecular weight excluding hydrogens is 340 g/mol. The van der Waals surface area contributed by atoms with E-state index < -0.39 is 10.8 Å². The number of nitro benzene ring substituents is 1. The molecule has 0 bridgehead atoms. The second-order valence-corrected chi connectivity index (χ2v) is 5.29. The number of ether oxygens (including phenoxy) is 1. The van der Waals surface area contributed by atoms with Gasteiger partial charge in [-0.1, -0.05) is 23.4 Å². The maximum atomic E-state index is 12.1. The molecule has 0 atom stereocenters. The fourth-order valence-corrected chi connectivity index (χ4v) is 2.21. The first-order valence-corrected chi connectivity index (χ1v) is 7.60. The number of nitrogens with one attached hydrogen (secondary N) is 1. The fourth-order valence-electron chi connectivity index (χ4n) is 2.21. The lowest BCUT2D eigenvalue weighted by Gasteiger charge is -2.09. The van der Waals surface area contributed by atoms with Gasteiger partial charge in [-0.05, 0) is 25.1 Å². The van der Waals surface area contributed by atoms with Gasteiger partial charge in [-0.15, -0.1) is 0 Å². The topological polar surface area (TPSA) is 120 Å². The Morgan fingerprint density at radius 3 is 2.81 bits per heavy atom. The van der Waals surface area contributed by atoms with Crippen LogP contribution in [0.1, 0.15) is 5.82 Å². The average molecular weight is 354 g/mol. The highest BCUT2D eigenvalue weighted by Crippen LogP contribution is 2.28. The van der Waals surface area contributed by atoms with E-state index in [-0.39, 0.29) is 18.2 Å². The Labute approximate surface area is 147 Å². The second kappa shape index (κ2) is 7.43. The van der Waals surface area contributed by atoms with E-state index in [2.05, 4.69) is 15.5 Å². The molecule has 0 saturated heterocycles. The van der Waals surface area contributed by atoms with Gasteiger partial charge in [-0.2, -0.15) is 4.98 Å². The summed E-state index contributed by atoms with van der Waals surface area (Å²) in [5, 5.41) is 17.1. The van der Waals surface area contributed by atoms with Gasteiger partial charge in [0.2, 0.25) is 0 Å². The maximum Gasteiger partial charge on any atom is 0.271 e. The first kappa shape index (κ1) is 17.1. The number of non-ortho nitro benzene ring substituents is 1. The predicted octanol–water partition coefficient (Wildman–Crippen LogP) is 2.97. The summed E-state index contributed by atoms with van der Waals surface area (Å²) >= 11 is 0. The van der Waals surface area contributed by atoms with Gasteiger partial charge in [0.1, 0.15) is 5.75 Å². The van der Waals surface area contributed by atoms with E-state index in [0.717, 1.165) is 0 Å². The van der Waals surface area contributed by atoms with Gasteiger partial charge in [0.25, 0.3) is 17.5 Å². The standard InChI is InChI=1S/C17H14N4O5/c1-11-18-17(26-20-11)14-7-2-3-8-15(14)25-10-16(22)19-12-5-4-6-13(9-12)21(23)24/h2-9H,10H2,1H3,(H,19,22). The van der Waals surface area contributed by atoms with Crippen LogP contribution in [0.3, 0.4) is 0 Å². The minimum atomic E-state index is -0.533. The van der Waals surface area contributed by atoms with Gasteiger partial charge < -0.3 is 14.6 Å². The van der Waals surface area contributed by atoms with Crippen molar-refractivity contribution in [2.45, 2.75) is 6.92 Å². The number of carbonyl (C=O) groups excluding carboxylic acids is 1. The largest absolute Gasteiger partial charge is 0.483 e. The van der Waals surface area contributed by atoms with Crippen LogP contribution in [-0.4, -0.2) is 27.6 Å². The van der Waals surface area contributed by atoms with Crippen LogP contribution in [0.5, 0.6) is 5.75 Å². The van der Waals surface area contributed by atoms with Crippen LogP contribution in [0.25, 0.3) is 11.5 Å². The van der Waals surface area contributed by atoms with Crippen molar-refractivity contribution in [2.75, 3.05) is 11.9 Å². The Morgan fingerprint density at radius 2 is 2.08 bits per heavy atom. The minimum absolute atomic E-state index is 0.110. The molecule has 0 saturated carbocycles. The maximum absolute atomic E-state index is 12.1. The summed E-state index contributed by atoms with van der Waals surface area (Å²) < 4.78 is 10.7. The van der Waals surface area contributed by atoms with Crippen LogP contribution in [0.2, 0.25) is 0 Å². The van der Waals surface area contributed by atoms with Gasteiger partial charge >= 0.3 is 0 Å². The molecule has 1 amide bonds. The zero-order chi connectivity index (χ0) is 18.5. The van der Waals surface area contributed by atoms with Crippen molar-refractivity contribution < 1.29 is 19.0 Å². The van der Waals surface area contributed by atoms with Crippen molar-refractivity contribution in [3.63, 3.8) is 0 Å². The Balaban J connectivity index is 1.67. The molecule has 3 aromatic rings. The normalized spacial score (nSPS) is 10.3. The van der Waals surface area contributed by atoms with Crippen LogP contribution in [0.4, 0.5) is 11.4 Å². The smallest absolute Gasteiger partial charge is 0.271 e. The van der Waals surface area contributed by atoms with Crippen molar-refractivity contribution >= 4 is 17.3 Å². The predicted molar refractivity (Wildman–Crippen MR) is 91.7 cm³/mol. The van der Waals surface area contributed by atoms with Gasteiger partial charge in [-0.25, -0.2) is 0 Å². The number of amides is 1. The first-order chi connectivity index (χ1) is 12.5. The quantitative estimate of drug-likeness (QED) is 0.533. The molecule has 0 aliphatic heterocycles. The molecule has 0 unspecified atom stereocenters. The molecule has 2 aromatic carbocycles. The molecule has 132 valence electrons. The van der Waals surface area contributed by atoms with E-state index in [0.29, 0.717) is 22.8 Å². The van der Waals surface area contributed by atoms with E-state index in [1.54, 1.807) is 37.3 Å². The van der Waals surface area contributed by atoms with Gasteiger partial charge in [0.15, 0.2) is 12.4 Å². The zero-order valence-electron chi connectivity index (χ0n) is 13.7. The molecule has 0 radical (unpaired) electrons. The molecule has 0 aliphatic carbocycles. The number of aryl methyl sites for hydroxylation is 1. The van der Waals surface area contributed by atoms with Crippen LogP contribution in [0, 0.1) is 17.0 Å². The van der Waals surface area contributed by atoms with Gasteiger partial charge in [-0.3, -0.25) is 14.9 Å². The van der Waals surface area contributed by atoms with Crippen molar-refractivity contribution in [1.29, 1.82) is 0 Å². The molecular formula is C17H14N4O5. The molecule has 1 N–H and O–H groups in total. The number of rotatable bonds is 6. The molecule has 1 heterocycles. The summed E-state index contributed by atoms with van der Waals surface area (Å²) in [6, 6.07) is 12.6. The molecule has 9 heteroatoms. The summed E-state index contributed by atoms with van der Waals surface area (Å²) in [5.41, 5.74) is 0.769. The molecule has 0 spiro atoms. The van der Waals surface area contributed by atoms with E-state index in [9.17, 15) is 14.9 Å². The molecule has 3 rings (SSSR count). The molecule has 0 fully saturated rings. The van der Waals surface area contributed by atoms with Crippen LogP contribution in [0.15, 0.2) is 53.1 Å². The van der Waals surface area contributed by atoms with E-state index >= 15 is 0 Å². The number of anilines is 1. The second-order valence-electron chi connectivity index (χ2n) is 5.29. The van der Waals surface area contributed by atoms with Crippen LogP contribution >= 0.6 is 0 Å². The lowest BCUT2D eigenvalue weighted by Crippen LogP contribution is -2.20. The lowest BCUT2D eigenvalue weighted by molar-refractivity contribution is -0.384. The summed E-state index contributed by atoms with van der Waals surface area (Å²) in [4.78, 5) is 26.4. The van der Waals surface area contributed by atoms with E-state index in [1.807, 2.05) is 0 Å². The Kier molecular flexibility index (Phi) is 4.88. The monoisotopic (exact) mass is 354 g/mol. The highest BCUT2D eigenvalue weighted by atomic mass is 16.6. The Hall–Kier alpha value is -3.75. The summed E-state index contributed by atoms with van der Waals surface area (Å²) in [6.07, 6.45) is 0. The fraction of sp³-hybridized carbons (Fsp3) is 0.118. The highest BCUT2D eigenvalue weighted by molar-refractivity contribution is 5.92. The van der Waals surface area contributed by atoms with Crippen molar-refractivity contribution in [1.82, 2.24) is 10.1 Å². The van der Waals surface area contributed by atoms with Crippen molar-refractivity contribution in [2.24, 2.45) is 0 Å². The molecule has 26 heavy (non-hydrogen) atoms. The SMILES string of the molecule is Cc1noc(-c2ccccc2OCC(=O)Nc2cccc([N+](=O)[O-])c2)n1. The number of nitro groups is 1.